The summed E-state index contributed by atoms with van der Waals surface area (Å²) in [7, 11) is 5.50. The van der Waals surface area contributed by atoms with E-state index in [-0.39, 0.29) is 42.7 Å². The molecule has 53 heavy (non-hydrogen) atoms. The third kappa shape index (κ3) is 34.5. The van der Waals surface area contributed by atoms with Gasteiger partial charge in [-0.25, -0.2) is 4.79 Å². The first kappa shape index (κ1) is 50.0. The number of nitrogens with zero attached hydrogens (tertiary/aromatic N) is 1. The highest BCUT2D eigenvalue weighted by atomic mass is 16.6. The number of carbonyl (C=O) groups excluding carboxylic acids is 2. The fourth-order valence-corrected chi connectivity index (χ4v) is 5.66. The van der Waals surface area contributed by atoms with Crippen molar-refractivity contribution >= 4 is 17.9 Å². The number of ether oxygens (including phenoxy) is 3. The predicted octanol–water partition coefficient (Wildman–Crippen LogP) is 11.0. The first-order valence-electron chi connectivity index (χ1n) is 20.9. The van der Waals surface area contributed by atoms with Gasteiger partial charge < -0.3 is 23.8 Å². The number of rotatable bonds is 36. The van der Waals surface area contributed by atoms with E-state index >= 15 is 0 Å². The summed E-state index contributed by atoms with van der Waals surface area (Å²) in [5, 5.41) is 9.59. The van der Waals surface area contributed by atoms with Crippen molar-refractivity contribution in [2.75, 3.05) is 41.0 Å². The minimum absolute atomic E-state index is 0.0409. The molecule has 0 aliphatic heterocycles. The average molecular weight is 745 g/mol. The maximum Gasteiger partial charge on any atom is 0.362 e. The van der Waals surface area contributed by atoms with Gasteiger partial charge in [-0.2, -0.15) is 0 Å². The Morgan fingerprint density at radius 1 is 0.566 bits per heavy atom. The molecule has 0 fully saturated rings. The molecule has 0 heterocycles. The summed E-state index contributed by atoms with van der Waals surface area (Å²) < 4.78 is 17.2. The Morgan fingerprint density at radius 2 is 1.02 bits per heavy atom. The lowest BCUT2D eigenvalue weighted by Gasteiger charge is -2.31. The highest BCUT2D eigenvalue weighted by Crippen LogP contribution is 2.12. The fraction of sp³-hybridized carbons (Fsp3) is 0.711. The lowest BCUT2D eigenvalue weighted by Crippen LogP contribution is -2.50. The highest BCUT2D eigenvalue weighted by molar-refractivity contribution is 5.72. The molecule has 0 aromatic carbocycles. The molecular weight excluding hydrogens is 666 g/mol. The van der Waals surface area contributed by atoms with Crippen molar-refractivity contribution in [2.45, 2.75) is 167 Å². The van der Waals surface area contributed by atoms with Gasteiger partial charge in [0.25, 0.3) is 0 Å². The number of carboxylic acid groups (broad SMARTS) is 1. The van der Waals surface area contributed by atoms with E-state index < -0.39 is 18.1 Å². The van der Waals surface area contributed by atoms with Crippen LogP contribution in [0, 0.1) is 0 Å². The van der Waals surface area contributed by atoms with Gasteiger partial charge in [-0.15, -0.1) is 0 Å². The molecule has 2 atom stereocenters. The molecule has 8 heteroatoms. The Bertz CT molecular complexity index is 1050. The van der Waals surface area contributed by atoms with E-state index in [4.69, 9.17) is 14.2 Å². The van der Waals surface area contributed by atoms with Crippen LogP contribution < -0.4 is 0 Å². The molecule has 2 unspecified atom stereocenters. The number of carboxylic acids is 1. The zero-order valence-electron chi connectivity index (χ0n) is 34.4. The molecule has 0 aliphatic carbocycles. The summed E-state index contributed by atoms with van der Waals surface area (Å²) in [5.41, 5.74) is 0. The molecule has 0 saturated heterocycles. The average Bonchev–Trinajstić information content (AvgIpc) is 3.11. The minimum atomic E-state index is -0.886. The van der Waals surface area contributed by atoms with Crippen LogP contribution in [0.5, 0.6) is 0 Å². The zero-order valence-corrected chi connectivity index (χ0v) is 34.4. The van der Waals surface area contributed by atoms with Crippen LogP contribution >= 0.6 is 0 Å². The summed E-state index contributed by atoms with van der Waals surface area (Å²) in [5.74, 6) is -1.54. The number of hydrogen-bond acceptors (Lipinski definition) is 6. The van der Waals surface area contributed by atoms with Crippen molar-refractivity contribution in [2.24, 2.45) is 0 Å². The van der Waals surface area contributed by atoms with E-state index in [1.54, 1.807) is 0 Å². The van der Waals surface area contributed by atoms with Gasteiger partial charge in [-0.3, -0.25) is 9.59 Å². The van der Waals surface area contributed by atoms with Crippen molar-refractivity contribution in [3.63, 3.8) is 0 Å². The summed E-state index contributed by atoms with van der Waals surface area (Å²) in [6.45, 7) is 4.59. The van der Waals surface area contributed by atoms with Crippen molar-refractivity contribution in [1.82, 2.24) is 0 Å². The number of likely N-dealkylation sites (N-methyl/N-ethyl adjacent to an activating group) is 1. The SMILES string of the molecule is CCCC/C=C/C=C/CCCCCC(=O)OC(COCCC(C(=O)O)[N+](C)(C)C)COC(=O)CCCCCCC/C=C/C=C/C=C/CCCCCCC. The molecule has 0 aromatic heterocycles. The third-order valence-electron chi connectivity index (χ3n) is 8.98. The second-order valence-electron chi connectivity index (χ2n) is 15.0. The van der Waals surface area contributed by atoms with Gasteiger partial charge in [0.15, 0.2) is 12.1 Å². The van der Waals surface area contributed by atoms with Gasteiger partial charge in [0, 0.05) is 19.3 Å². The largest absolute Gasteiger partial charge is 0.477 e. The zero-order chi connectivity index (χ0) is 39.3. The summed E-state index contributed by atoms with van der Waals surface area (Å²) in [6, 6.07) is -0.624. The first-order chi connectivity index (χ1) is 25.6. The summed E-state index contributed by atoms with van der Waals surface area (Å²) >= 11 is 0. The van der Waals surface area contributed by atoms with Gasteiger partial charge in [0.2, 0.25) is 0 Å². The Balaban J connectivity index is 4.43. The smallest absolute Gasteiger partial charge is 0.362 e. The number of carbonyl (C=O) groups is 3. The molecule has 0 bridgehead atoms. The molecule has 0 aliphatic rings. The van der Waals surface area contributed by atoms with Gasteiger partial charge in [0.1, 0.15) is 6.61 Å². The van der Waals surface area contributed by atoms with Crippen LogP contribution in [0.2, 0.25) is 0 Å². The van der Waals surface area contributed by atoms with Gasteiger partial charge >= 0.3 is 17.9 Å². The number of hydrogen-bond donors (Lipinski definition) is 1. The number of allylic oxidation sites excluding steroid dienone is 10. The number of esters is 2. The normalized spacial score (nSPS) is 13.6. The number of unbranched alkanes of at least 4 members (excludes halogenated alkanes) is 15. The molecule has 0 amide bonds. The van der Waals surface area contributed by atoms with E-state index in [1.807, 2.05) is 21.1 Å². The maximum absolute atomic E-state index is 12.6. The molecule has 1 N–H and O–H groups in total. The molecule has 304 valence electrons. The molecule has 0 spiro atoms. The van der Waals surface area contributed by atoms with Crippen LogP contribution in [0.1, 0.15) is 155 Å². The molecule has 8 nitrogen and oxygen atoms in total. The molecule has 0 saturated carbocycles. The second-order valence-corrected chi connectivity index (χ2v) is 15.0. The Kier molecular flexibility index (Phi) is 34.0. The van der Waals surface area contributed by atoms with Crippen LogP contribution in [0.15, 0.2) is 60.8 Å². The van der Waals surface area contributed by atoms with Crippen molar-refractivity contribution in [1.29, 1.82) is 0 Å². The Morgan fingerprint density at radius 3 is 1.55 bits per heavy atom. The first-order valence-corrected chi connectivity index (χ1v) is 20.9. The third-order valence-corrected chi connectivity index (χ3v) is 8.98. The standard InChI is InChI=1S/C45H77NO7/c1-6-8-10-12-14-16-18-19-20-21-22-23-24-26-27-29-31-33-35-43(47)52-40-41(39-51-38-37-42(45(49)50)46(3,4)5)53-44(48)36-34-32-30-28-25-17-15-13-11-9-7-2/h13,15,17-23,25,41-42H,6-12,14,16,24,26-40H2,1-5H3/p+1/b15-13+,19-18+,21-20+,23-22+,25-17+. The number of quaternary nitrogens is 1. The van der Waals surface area contributed by atoms with Crippen LogP contribution in [0.4, 0.5) is 0 Å². The van der Waals surface area contributed by atoms with Gasteiger partial charge in [-0.05, 0) is 57.8 Å². The molecule has 0 aromatic rings. The van der Waals surface area contributed by atoms with E-state index in [1.165, 1.54) is 44.9 Å². The van der Waals surface area contributed by atoms with Crippen LogP contribution in [-0.2, 0) is 28.6 Å². The number of aliphatic carboxylic acids is 1. The van der Waals surface area contributed by atoms with Crippen molar-refractivity contribution in [3.05, 3.63) is 60.8 Å². The van der Waals surface area contributed by atoms with E-state index in [0.717, 1.165) is 77.0 Å². The second kappa shape index (κ2) is 36.0. The van der Waals surface area contributed by atoms with Gasteiger partial charge in [-0.1, -0.05) is 139 Å². The van der Waals surface area contributed by atoms with Crippen molar-refractivity contribution < 1.29 is 38.2 Å². The highest BCUT2D eigenvalue weighted by Gasteiger charge is 2.31. The Labute approximate surface area is 324 Å². The molecule has 0 rings (SSSR count). The topological polar surface area (TPSA) is 99.1 Å². The lowest BCUT2D eigenvalue weighted by molar-refractivity contribution is -0.887. The fourth-order valence-electron chi connectivity index (χ4n) is 5.66. The molecule has 0 radical (unpaired) electrons. The van der Waals surface area contributed by atoms with Gasteiger partial charge in [0.05, 0.1) is 34.4 Å². The Hall–Kier alpha value is -2.97. The van der Waals surface area contributed by atoms with E-state index in [2.05, 4.69) is 74.6 Å². The quantitative estimate of drug-likeness (QED) is 0.0295. The lowest BCUT2D eigenvalue weighted by atomic mass is 10.1. The molecular formula is C45H78NO7+. The maximum atomic E-state index is 12.6. The summed E-state index contributed by atoms with van der Waals surface area (Å²) in [4.78, 5) is 36.8. The van der Waals surface area contributed by atoms with Crippen molar-refractivity contribution in [3.8, 4) is 0 Å². The van der Waals surface area contributed by atoms with E-state index in [0.29, 0.717) is 12.8 Å². The van der Waals surface area contributed by atoms with Crippen LogP contribution in [0.25, 0.3) is 0 Å². The summed E-state index contributed by atoms with van der Waals surface area (Å²) in [6.07, 6.45) is 42.6. The van der Waals surface area contributed by atoms with E-state index in [9.17, 15) is 19.5 Å². The van der Waals surface area contributed by atoms with Crippen LogP contribution in [-0.4, -0.2) is 80.6 Å². The van der Waals surface area contributed by atoms with Crippen LogP contribution in [0.3, 0.4) is 0 Å². The monoisotopic (exact) mass is 745 g/mol. The minimum Gasteiger partial charge on any atom is -0.477 e. The predicted molar refractivity (Wildman–Crippen MR) is 220 cm³/mol.